The van der Waals surface area contributed by atoms with Crippen LogP contribution in [-0.4, -0.2) is 48.1 Å². The van der Waals surface area contributed by atoms with Crippen LogP contribution >= 0.6 is 11.6 Å². The van der Waals surface area contributed by atoms with E-state index in [0.29, 0.717) is 11.2 Å². The fraction of sp³-hybridized carbons (Fsp3) is 0.692. The summed E-state index contributed by atoms with van der Waals surface area (Å²) in [4.78, 5) is 13.5. The van der Waals surface area contributed by atoms with Crippen molar-refractivity contribution >= 4 is 17.4 Å². The van der Waals surface area contributed by atoms with Gasteiger partial charge in [-0.2, -0.15) is 0 Å². The first-order valence-corrected chi connectivity index (χ1v) is 6.79. The van der Waals surface area contributed by atoms with E-state index in [1.54, 1.807) is 0 Å². The van der Waals surface area contributed by atoms with Crippen LogP contribution in [0.1, 0.15) is 24.2 Å². The third-order valence-electron chi connectivity index (χ3n) is 3.67. The molecule has 1 saturated heterocycles. The average molecular weight is 269 g/mol. The van der Waals surface area contributed by atoms with Crippen LogP contribution in [0.3, 0.4) is 0 Å². The lowest BCUT2D eigenvalue weighted by molar-refractivity contribution is 0.257. The molecule has 1 atom stereocenters. The Morgan fingerprint density at radius 2 is 1.89 bits per heavy atom. The third kappa shape index (κ3) is 2.75. The Morgan fingerprint density at radius 3 is 2.56 bits per heavy atom. The van der Waals surface area contributed by atoms with Gasteiger partial charge in [0.2, 0.25) is 0 Å². The highest BCUT2D eigenvalue weighted by Gasteiger charge is 2.24. The maximum absolute atomic E-state index is 6.23. The molecule has 0 bridgehead atoms. The van der Waals surface area contributed by atoms with Gasteiger partial charge in [-0.1, -0.05) is 11.6 Å². The molecule has 1 fully saturated rings. The number of rotatable bonds is 2. The number of piperidine rings is 1. The predicted octanol–water partition coefficient (Wildman–Crippen LogP) is 2.28. The largest absolute Gasteiger partial charge is 0.352 e. The molecule has 1 aromatic rings. The zero-order valence-corrected chi connectivity index (χ0v) is 12.3. The average Bonchev–Trinajstić information content (AvgIpc) is 2.34. The molecule has 0 aliphatic carbocycles. The van der Waals surface area contributed by atoms with Crippen LogP contribution in [0.4, 0.5) is 5.82 Å². The maximum Gasteiger partial charge on any atom is 0.171 e. The van der Waals surface area contributed by atoms with Crippen LogP contribution in [0.2, 0.25) is 5.15 Å². The smallest absolute Gasteiger partial charge is 0.171 e. The van der Waals surface area contributed by atoms with Gasteiger partial charge in [0.25, 0.3) is 0 Å². The summed E-state index contributed by atoms with van der Waals surface area (Å²) in [5, 5.41) is 0.525. The first kappa shape index (κ1) is 13.6. The van der Waals surface area contributed by atoms with Crippen LogP contribution in [0.25, 0.3) is 0 Å². The van der Waals surface area contributed by atoms with Gasteiger partial charge in [0.15, 0.2) is 11.0 Å². The number of halogens is 1. The van der Waals surface area contributed by atoms with Crippen LogP contribution in [0, 0.1) is 13.8 Å². The molecule has 2 heterocycles. The van der Waals surface area contributed by atoms with Gasteiger partial charge in [0.1, 0.15) is 0 Å². The zero-order chi connectivity index (χ0) is 13.3. The Labute approximate surface area is 114 Å². The minimum atomic E-state index is 0.525. The highest BCUT2D eigenvalue weighted by atomic mass is 35.5. The van der Waals surface area contributed by atoms with Gasteiger partial charge in [-0.25, -0.2) is 9.97 Å². The molecule has 5 heteroatoms. The number of hydrogen-bond acceptors (Lipinski definition) is 4. The number of aryl methyl sites for hydroxylation is 2. The molecule has 4 nitrogen and oxygen atoms in total. The molecule has 0 N–H and O–H groups in total. The topological polar surface area (TPSA) is 32.3 Å². The van der Waals surface area contributed by atoms with Crippen molar-refractivity contribution in [1.82, 2.24) is 14.9 Å². The Kier molecular flexibility index (Phi) is 4.07. The Hall–Kier alpha value is -0.870. The molecule has 0 amide bonds. The summed E-state index contributed by atoms with van der Waals surface area (Å²) in [6, 6.07) is 0.568. The zero-order valence-electron chi connectivity index (χ0n) is 11.6. The standard InChI is InChI=1S/C13H21ClN4/c1-9-10(2)16-13(12(14)15-9)18-7-5-6-11(8-18)17(3)4/h11H,5-8H2,1-4H3. The molecule has 1 aromatic heterocycles. The second kappa shape index (κ2) is 5.41. The van der Waals surface area contributed by atoms with Crippen LogP contribution < -0.4 is 4.90 Å². The van der Waals surface area contributed by atoms with E-state index in [2.05, 4.69) is 33.9 Å². The molecule has 100 valence electrons. The molecule has 18 heavy (non-hydrogen) atoms. The fourth-order valence-corrected chi connectivity index (χ4v) is 2.62. The number of nitrogens with zero attached hydrogens (tertiary/aromatic N) is 4. The fourth-order valence-electron chi connectivity index (χ4n) is 2.33. The van der Waals surface area contributed by atoms with E-state index >= 15 is 0 Å². The van der Waals surface area contributed by atoms with E-state index in [9.17, 15) is 0 Å². The van der Waals surface area contributed by atoms with E-state index in [1.807, 2.05) is 13.8 Å². The summed E-state index contributed by atoms with van der Waals surface area (Å²) >= 11 is 6.23. The van der Waals surface area contributed by atoms with E-state index in [0.717, 1.165) is 30.3 Å². The van der Waals surface area contributed by atoms with E-state index in [-0.39, 0.29) is 0 Å². The number of aromatic nitrogens is 2. The van der Waals surface area contributed by atoms with E-state index in [1.165, 1.54) is 12.8 Å². The molecule has 1 aliphatic heterocycles. The van der Waals surface area contributed by atoms with Gasteiger partial charge in [-0.05, 0) is 40.8 Å². The SMILES string of the molecule is Cc1nc(Cl)c(N2CCCC(N(C)C)C2)nc1C. The van der Waals surface area contributed by atoms with Crippen molar-refractivity contribution in [2.45, 2.75) is 32.7 Å². The Bertz CT molecular complexity index is 433. The quantitative estimate of drug-likeness (QED) is 0.824. The molecular formula is C13H21ClN4. The third-order valence-corrected chi connectivity index (χ3v) is 3.93. The van der Waals surface area contributed by atoms with Gasteiger partial charge in [0, 0.05) is 19.1 Å². The maximum atomic E-state index is 6.23. The summed E-state index contributed by atoms with van der Waals surface area (Å²) < 4.78 is 0. The van der Waals surface area contributed by atoms with Gasteiger partial charge in [0.05, 0.1) is 11.4 Å². The second-order valence-electron chi connectivity index (χ2n) is 5.21. The summed E-state index contributed by atoms with van der Waals surface area (Å²) in [5.41, 5.74) is 1.87. The van der Waals surface area contributed by atoms with Crippen molar-refractivity contribution in [2.75, 3.05) is 32.1 Å². The minimum Gasteiger partial charge on any atom is -0.352 e. The number of likely N-dealkylation sites (N-methyl/N-ethyl adjacent to an activating group) is 1. The Balaban J connectivity index is 2.23. The first-order chi connectivity index (χ1) is 8.49. The lowest BCUT2D eigenvalue weighted by Gasteiger charge is -2.37. The normalized spacial score (nSPS) is 20.6. The van der Waals surface area contributed by atoms with Crippen molar-refractivity contribution in [3.8, 4) is 0 Å². The van der Waals surface area contributed by atoms with Gasteiger partial charge < -0.3 is 9.80 Å². The minimum absolute atomic E-state index is 0.525. The van der Waals surface area contributed by atoms with Crippen LogP contribution in [-0.2, 0) is 0 Å². The number of hydrogen-bond donors (Lipinski definition) is 0. The molecule has 0 aromatic carbocycles. The van der Waals surface area contributed by atoms with Crippen molar-refractivity contribution in [2.24, 2.45) is 0 Å². The molecule has 1 aliphatic rings. The van der Waals surface area contributed by atoms with E-state index in [4.69, 9.17) is 11.6 Å². The lowest BCUT2D eigenvalue weighted by atomic mass is 10.1. The first-order valence-electron chi connectivity index (χ1n) is 6.41. The molecule has 0 saturated carbocycles. The second-order valence-corrected chi connectivity index (χ2v) is 5.57. The summed E-state index contributed by atoms with van der Waals surface area (Å²) in [7, 11) is 4.25. The molecule has 0 spiro atoms. The summed E-state index contributed by atoms with van der Waals surface area (Å²) in [5.74, 6) is 0.839. The van der Waals surface area contributed by atoms with Crippen molar-refractivity contribution in [3.63, 3.8) is 0 Å². The van der Waals surface area contributed by atoms with Crippen LogP contribution in [0.5, 0.6) is 0 Å². The highest BCUT2D eigenvalue weighted by Crippen LogP contribution is 2.26. The molecular weight excluding hydrogens is 248 g/mol. The van der Waals surface area contributed by atoms with E-state index < -0.39 is 0 Å². The van der Waals surface area contributed by atoms with Gasteiger partial charge in [-0.15, -0.1) is 0 Å². The molecule has 0 radical (unpaired) electrons. The summed E-state index contributed by atoms with van der Waals surface area (Å²) in [6.07, 6.45) is 2.41. The molecule has 1 unspecified atom stereocenters. The monoisotopic (exact) mass is 268 g/mol. The number of anilines is 1. The molecule has 2 rings (SSSR count). The van der Waals surface area contributed by atoms with Crippen molar-refractivity contribution < 1.29 is 0 Å². The summed E-state index contributed by atoms with van der Waals surface area (Å²) in [6.45, 7) is 5.91. The van der Waals surface area contributed by atoms with Gasteiger partial charge >= 0.3 is 0 Å². The highest BCUT2D eigenvalue weighted by molar-refractivity contribution is 6.31. The predicted molar refractivity (Wildman–Crippen MR) is 75.4 cm³/mol. The lowest BCUT2D eigenvalue weighted by Crippen LogP contribution is -2.45. The van der Waals surface area contributed by atoms with Crippen LogP contribution in [0.15, 0.2) is 0 Å². The Morgan fingerprint density at radius 1 is 1.22 bits per heavy atom. The van der Waals surface area contributed by atoms with Gasteiger partial charge in [-0.3, -0.25) is 0 Å². The van der Waals surface area contributed by atoms with Crippen molar-refractivity contribution in [1.29, 1.82) is 0 Å². The van der Waals surface area contributed by atoms with Crippen molar-refractivity contribution in [3.05, 3.63) is 16.5 Å².